The predicted octanol–water partition coefficient (Wildman–Crippen LogP) is 1.90. The van der Waals surface area contributed by atoms with Crippen molar-refractivity contribution in [2.24, 2.45) is 0 Å². The fourth-order valence-corrected chi connectivity index (χ4v) is 1.26. The number of hydrogen-bond acceptors (Lipinski definition) is 3. The predicted molar refractivity (Wildman–Crippen MR) is 70.3 cm³/mol. The maximum Gasteiger partial charge on any atom is 0.257 e. The van der Waals surface area contributed by atoms with Gasteiger partial charge in [-0.25, -0.2) is 0 Å². The second-order valence-corrected chi connectivity index (χ2v) is 4.23. The molecule has 0 aliphatic carbocycles. The van der Waals surface area contributed by atoms with E-state index in [0.717, 1.165) is 0 Å². The number of carbonyl (C=O) groups excluding carboxylic acids is 1. The molecule has 0 atom stereocenters. The van der Waals surface area contributed by atoms with Gasteiger partial charge in [0.15, 0.2) is 0 Å². The lowest BCUT2D eigenvalue weighted by Gasteiger charge is -2.30. The number of para-hydroxylation sites is 1. The van der Waals surface area contributed by atoms with Crippen LogP contribution >= 0.6 is 0 Å². The number of carboxylic acid groups (broad SMARTS) is 1. The lowest BCUT2D eigenvalue weighted by atomic mass is 10.3. The standard InChI is InChI=1S/C7H18N.C7H6O3/c1-5-8(4,6-2)7-3;8-7(9)10-6-4-2-1-3-5-6/h5-7H2,1-4H3;1-5H,(H,8,9)/q+1;/p-1. The van der Waals surface area contributed by atoms with E-state index in [1.807, 2.05) is 0 Å². The van der Waals surface area contributed by atoms with Crippen molar-refractivity contribution in [2.75, 3.05) is 26.7 Å². The van der Waals surface area contributed by atoms with Crippen molar-refractivity contribution in [3.63, 3.8) is 0 Å². The Kier molecular flexibility index (Phi) is 7.79. The third-order valence-corrected chi connectivity index (χ3v) is 3.23. The zero-order chi connectivity index (χ0) is 14.0. The molecule has 0 saturated carbocycles. The van der Waals surface area contributed by atoms with Gasteiger partial charge in [0.2, 0.25) is 0 Å². The number of nitrogens with zero attached hydrogens (tertiary/aromatic N) is 1. The van der Waals surface area contributed by atoms with Crippen LogP contribution < -0.4 is 9.84 Å². The van der Waals surface area contributed by atoms with E-state index in [4.69, 9.17) is 0 Å². The highest BCUT2D eigenvalue weighted by molar-refractivity contribution is 5.58. The summed E-state index contributed by atoms with van der Waals surface area (Å²) in [5.74, 6) is 0.280. The number of benzene rings is 1. The van der Waals surface area contributed by atoms with E-state index in [0.29, 0.717) is 0 Å². The van der Waals surface area contributed by atoms with Crippen molar-refractivity contribution in [2.45, 2.75) is 20.8 Å². The molecular formula is C14H23NO3. The van der Waals surface area contributed by atoms with Crippen LogP contribution in [0.3, 0.4) is 0 Å². The van der Waals surface area contributed by atoms with Crippen LogP contribution in [0.4, 0.5) is 4.79 Å². The van der Waals surface area contributed by atoms with E-state index in [1.165, 1.54) is 36.3 Å². The molecule has 0 saturated heterocycles. The van der Waals surface area contributed by atoms with Crippen LogP contribution in [0.2, 0.25) is 0 Å². The van der Waals surface area contributed by atoms with E-state index in [2.05, 4.69) is 32.6 Å². The quantitative estimate of drug-likeness (QED) is 0.468. The third kappa shape index (κ3) is 6.91. The minimum Gasteiger partial charge on any atom is -0.514 e. The Balaban J connectivity index is 0.000000331. The average molecular weight is 253 g/mol. The molecule has 0 aliphatic rings. The molecule has 1 aromatic carbocycles. The largest absolute Gasteiger partial charge is 0.514 e. The van der Waals surface area contributed by atoms with Crippen molar-refractivity contribution in [1.29, 1.82) is 0 Å². The van der Waals surface area contributed by atoms with Gasteiger partial charge < -0.3 is 19.1 Å². The molecule has 0 aliphatic heterocycles. The molecule has 0 fully saturated rings. The second-order valence-electron chi connectivity index (χ2n) is 4.23. The molecule has 0 heterocycles. The highest BCUT2D eigenvalue weighted by atomic mass is 16.7. The van der Waals surface area contributed by atoms with Gasteiger partial charge in [-0.15, -0.1) is 0 Å². The summed E-state index contributed by atoms with van der Waals surface area (Å²) in [5.41, 5.74) is 0. The average Bonchev–Trinajstić information content (AvgIpc) is 2.39. The van der Waals surface area contributed by atoms with Crippen LogP contribution in [0.25, 0.3) is 0 Å². The summed E-state index contributed by atoms with van der Waals surface area (Å²) < 4.78 is 5.43. The summed E-state index contributed by atoms with van der Waals surface area (Å²) in [5, 5.41) is 9.84. The fourth-order valence-electron chi connectivity index (χ4n) is 1.26. The Labute approximate surface area is 109 Å². The maximum atomic E-state index is 9.84. The highest BCUT2D eigenvalue weighted by Gasteiger charge is 2.10. The Morgan fingerprint density at radius 3 is 1.83 bits per heavy atom. The molecule has 0 bridgehead atoms. The number of hydrogen-bond donors (Lipinski definition) is 0. The van der Waals surface area contributed by atoms with Gasteiger partial charge in [-0.2, -0.15) is 0 Å². The smallest absolute Gasteiger partial charge is 0.257 e. The lowest BCUT2D eigenvalue weighted by molar-refractivity contribution is -0.904. The molecule has 1 rings (SSSR count). The molecule has 0 radical (unpaired) electrons. The van der Waals surface area contributed by atoms with Crippen LogP contribution in [-0.2, 0) is 0 Å². The molecule has 1 aromatic rings. The Morgan fingerprint density at radius 2 is 1.56 bits per heavy atom. The molecule has 4 nitrogen and oxygen atoms in total. The van der Waals surface area contributed by atoms with Crippen LogP contribution in [0.1, 0.15) is 20.8 Å². The van der Waals surface area contributed by atoms with Crippen LogP contribution in [0.15, 0.2) is 30.3 Å². The van der Waals surface area contributed by atoms with Gasteiger partial charge in [0.1, 0.15) is 0 Å². The molecular weight excluding hydrogens is 230 g/mol. The summed E-state index contributed by atoms with van der Waals surface area (Å²) >= 11 is 0. The van der Waals surface area contributed by atoms with E-state index in [-0.39, 0.29) is 5.75 Å². The van der Waals surface area contributed by atoms with Crippen LogP contribution in [-0.4, -0.2) is 37.3 Å². The number of rotatable bonds is 4. The first-order chi connectivity index (χ1) is 8.47. The van der Waals surface area contributed by atoms with Gasteiger partial charge in [-0.3, -0.25) is 0 Å². The Morgan fingerprint density at radius 1 is 1.11 bits per heavy atom. The Hall–Kier alpha value is -1.55. The van der Waals surface area contributed by atoms with E-state index in [9.17, 15) is 9.90 Å². The molecule has 18 heavy (non-hydrogen) atoms. The van der Waals surface area contributed by atoms with E-state index >= 15 is 0 Å². The Bertz CT molecular complexity index is 326. The fraction of sp³-hybridized carbons (Fsp3) is 0.500. The van der Waals surface area contributed by atoms with Crippen molar-refractivity contribution in [3.8, 4) is 5.75 Å². The number of quaternary nitrogens is 1. The van der Waals surface area contributed by atoms with Gasteiger partial charge in [-0.05, 0) is 32.9 Å². The minimum absolute atomic E-state index is 0.280. The van der Waals surface area contributed by atoms with Gasteiger partial charge in [0, 0.05) is 0 Å². The molecule has 0 spiro atoms. The van der Waals surface area contributed by atoms with Gasteiger partial charge in [0.05, 0.1) is 32.4 Å². The molecule has 4 heteroatoms. The monoisotopic (exact) mass is 253 g/mol. The summed E-state index contributed by atoms with van der Waals surface area (Å²) in [6.07, 6.45) is -1.54. The second kappa shape index (κ2) is 8.53. The van der Waals surface area contributed by atoms with Gasteiger partial charge in [0.25, 0.3) is 6.16 Å². The van der Waals surface area contributed by atoms with Crippen LogP contribution in [0, 0.1) is 0 Å². The minimum atomic E-state index is -1.54. The number of carbonyl (C=O) groups is 1. The first-order valence-corrected chi connectivity index (χ1v) is 6.24. The summed E-state index contributed by atoms with van der Waals surface area (Å²) in [7, 11) is 2.29. The molecule has 0 unspecified atom stereocenters. The summed E-state index contributed by atoms with van der Waals surface area (Å²) in [6, 6.07) is 8.20. The number of ether oxygens (including phenoxy) is 1. The van der Waals surface area contributed by atoms with Gasteiger partial charge in [-0.1, -0.05) is 18.2 Å². The van der Waals surface area contributed by atoms with Crippen molar-refractivity contribution in [3.05, 3.63) is 30.3 Å². The van der Waals surface area contributed by atoms with E-state index in [1.54, 1.807) is 18.2 Å². The maximum absolute atomic E-state index is 9.84. The summed E-state index contributed by atoms with van der Waals surface area (Å²) in [6.45, 7) is 10.5. The van der Waals surface area contributed by atoms with Crippen molar-refractivity contribution >= 4 is 6.16 Å². The van der Waals surface area contributed by atoms with E-state index < -0.39 is 6.16 Å². The molecule has 0 N–H and O–H groups in total. The molecule has 0 aromatic heterocycles. The normalized spacial score (nSPS) is 10.2. The zero-order valence-electron chi connectivity index (χ0n) is 11.7. The van der Waals surface area contributed by atoms with Crippen molar-refractivity contribution in [1.82, 2.24) is 0 Å². The molecule has 0 amide bonds. The SMILES string of the molecule is CC[N+](C)(CC)CC.O=C([O-])Oc1ccccc1. The topological polar surface area (TPSA) is 49.4 Å². The van der Waals surface area contributed by atoms with Crippen LogP contribution in [0.5, 0.6) is 5.75 Å². The first-order valence-electron chi connectivity index (χ1n) is 6.24. The molecule has 102 valence electrons. The summed E-state index contributed by atoms with van der Waals surface area (Å²) in [4.78, 5) is 9.84. The third-order valence-electron chi connectivity index (χ3n) is 3.23. The zero-order valence-corrected chi connectivity index (χ0v) is 11.7. The highest BCUT2D eigenvalue weighted by Crippen LogP contribution is 2.07. The first kappa shape index (κ1) is 16.4. The van der Waals surface area contributed by atoms with Gasteiger partial charge >= 0.3 is 0 Å². The van der Waals surface area contributed by atoms with Crippen molar-refractivity contribution < 1.29 is 19.1 Å². The lowest BCUT2D eigenvalue weighted by Crippen LogP contribution is -2.42.